The molecule has 0 aromatic heterocycles. The maximum Gasteiger partial charge on any atom is 0.191 e. The summed E-state index contributed by atoms with van der Waals surface area (Å²) in [5.74, 6) is 0.881. The Labute approximate surface area is 168 Å². The molecule has 150 valence electrons. The van der Waals surface area contributed by atoms with Gasteiger partial charge in [0.2, 0.25) is 0 Å². The number of nitrogens with zero attached hydrogens (tertiary/aromatic N) is 1. The average Bonchev–Trinajstić information content (AvgIpc) is 3.53. The number of hydrogen-bond acceptors (Lipinski definition) is 3. The molecule has 0 amide bonds. The molecule has 3 N–H and O–H groups in total. The van der Waals surface area contributed by atoms with Crippen molar-refractivity contribution in [2.75, 3.05) is 38.7 Å². The van der Waals surface area contributed by atoms with Crippen LogP contribution in [0.1, 0.15) is 30.9 Å². The maximum absolute atomic E-state index is 5.06. The van der Waals surface area contributed by atoms with E-state index < -0.39 is 0 Å². The van der Waals surface area contributed by atoms with Gasteiger partial charge >= 0.3 is 0 Å². The van der Waals surface area contributed by atoms with Crippen LogP contribution >= 0.6 is 0 Å². The molecular formula is C23H32N4O. The molecule has 3 rings (SSSR count). The van der Waals surface area contributed by atoms with Gasteiger partial charge in [-0.3, -0.25) is 0 Å². The van der Waals surface area contributed by atoms with Crippen molar-refractivity contribution in [2.24, 2.45) is 4.99 Å². The van der Waals surface area contributed by atoms with Crippen LogP contribution in [0.2, 0.25) is 0 Å². The standard InChI is InChI=1S/C23H32N4O/c1-3-24-22(27-18-23(13-14-23)20-7-5-4-6-8-20)26-17-19-9-11-21(12-10-19)25-15-16-28-2/h4-12,25H,3,13-18H2,1-2H3,(H2,24,26,27). The van der Waals surface area contributed by atoms with E-state index in [0.29, 0.717) is 13.2 Å². The lowest BCUT2D eigenvalue weighted by atomic mass is 9.96. The van der Waals surface area contributed by atoms with Crippen LogP contribution in [-0.2, 0) is 16.7 Å². The Balaban J connectivity index is 1.54. The summed E-state index contributed by atoms with van der Waals surface area (Å²) >= 11 is 0. The van der Waals surface area contributed by atoms with Crippen LogP contribution < -0.4 is 16.0 Å². The molecule has 2 aromatic carbocycles. The highest BCUT2D eigenvalue weighted by Crippen LogP contribution is 2.47. The summed E-state index contributed by atoms with van der Waals surface area (Å²) in [5, 5.41) is 10.2. The van der Waals surface area contributed by atoms with E-state index in [1.54, 1.807) is 7.11 Å². The minimum atomic E-state index is 0.271. The van der Waals surface area contributed by atoms with Crippen molar-refractivity contribution in [3.8, 4) is 0 Å². The third kappa shape index (κ3) is 5.73. The summed E-state index contributed by atoms with van der Waals surface area (Å²) in [7, 11) is 1.71. The number of nitrogens with one attached hydrogen (secondary N) is 3. The second-order valence-corrected chi connectivity index (χ2v) is 7.31. The van der Waals surface area contributed by atoms with E-state index in [4.69, 9.17) is 9.73 Å². The third-order valence-corrected chi connectivity index (χ3v) is 5.19. The van der Waals surface area contributed by atoms with E-state index in [2.05, 4.69) is 77.5 Å². The van der Waals surface area contributed by atoms with Crippen LogP contribution in [0.25, 0.3) is 0 Å². The Morgan fingerprint density at radius 3 is 2.43 bits per heavy atom. The molecule has 0 heterocycles. The predicted octanol–water partition coefficient (Wildman–Crippen LogP) is 3.53. The molecule has 1 aliphatic rings. The van der Waals surface area contributed by atoms with E-state index >= 15 is 0 Å². The highest BCUT2D eigenvalue weighted by atomic mass is 16.5. The Kier molecular flexibility index (Phi) is 7.31. The number of aliphatic imine (C=N–C) groups is 1. The molecule has 1 saturated carbocycles. The number of ether oxygens (including phenoxy) is 1. The van der Waals surface area contributed by atoms with Crippen LogP contribution in [0.3, 0.4) is 0 Å². The number of guanidine groups is 1. The van der Waals surface area contributed by atoms with Crippen molar-refractivity contribution in [3.05, 3.63) is 65.7 Å². The van der Waals surface area contributed by atoms with Crippen molar-refractivity contribution in [1.29, 1.82) is 0 Å². The zero-order valence-electron chi connectivity index (χ0n) is 17.0. The fourth-order valence-electron chi connectivity index (χ4n) is 3.30. The molecule has 5 nitrogen and oxygen atoms in total. The summed E-state index contributed by atoms with van der Waals surface area (Å²) in [6.07, 6.45) is 2.47. The largest absolute Gasteiger partial charge is 0.383 e. The van der Waals surface area contributed by atoms with Crippen LogP contribution in [0.4, 0.5) is 5.69 Å². The first-order valence-electron chi connectivity index (χ1n) is 10.2. The van der Waals surface area contributed by atoms with Gasteiger partial charge in [0.1, 0.15) is 0 Å². The lowest BCUT2D eigenvalue weighted by molar-refractivity contribution is 0.211. The highest BCUT2D eigenvalue weighted by Gasteiger charge is 2.43. The fraction of sp³-hybridized carbons (Fsp3) is 0.435. The van der Waals surface area contributed by atoms with Crippen molar-refractivity contribution in [2.45, 2.75) is 31.7 Å². The summed E-state index contributed by atoms with van der Waals surface area (Å²) in [5.41, 5.74) is 3.99. The van der Waals surface area contributed by atoms with E-state index in [1.807, 2.05) is 0 Å². The monoisotopic (exact) mass is 380 g/mol. The Morgan fingerprint density at radius 1 is 1.04 bits per heavy atom. The van der Waals surface area contributed by atoms with Crippen molar-refractivity contribution in [3.63, 3.8) is 0 Å². The SMILES string of the molecule is CCNC(=NCc1ccc(NCCOC)cc1)NCC1(c2ccccc2)CC1. The minimum Gasteiger partial charge on any atom is -0.383 e. The molecule has 0 spiro atoms. The van der Waals surface area contributed by atoms with Gasteiger partial charge in [0.15, 0.2) is 5.96 Å². The molecule has 0 unspecified atom stereocenters. The van der Waals surface area contributed by atoms with Gasteiger partial charge in [-0.25, -0.2) is 4.99 Å². The Hall–Kier alpha value is -2.53. The molecule has 28 heavy (non-hydrogen) atoms. The molecule has 0 radical (unpaired) electrons. The summed E-state index contributed by atoms with van der Waals surface area (Å²) in [6.45, 7) is 6.05. The van der Waals surface area contributed by atoms with Crippen molar-refractivity contribution in [1.82, 2.24) is 10.6 Å². The number of rotatable bonds is 10. The van der Waals surface area contributed by atoms with Gasteiger partial charge < -0.3 is 20.7 Å². The number of methoxy groups -OCH3 is 1. The quantitative estimate of drug-likeness (QED) is 0.335. The van der Waals surface area contributed by atoms with Gasteiger partial charge in [0.25, 0.3) is 0 Å². The summed E-state index contributed by atoms with van der Waals surface area (Å²) in [4.78, 5) is 4.77. The molecule has 0 aliphatic heterocycles. The van der Waals surface area contributed by atoms with Crippen LogP contribution in [0.15, 0.2) is 59.6 Å². The predicted molar refractivity (Wildman–Crippen MR) is 117 cm³/mol. The zero-order valence-corrected chi connectivity index (χ0v) is 17.0. The van der Waals surface area contributed by atoms with E-state index in [0.717, 1.165) is 31.3 Å². The van der Waals surface area contributed by atoms with Gasteiger partial charge in [-0.1, -0.05) is 42.5 Å². The molecule has 0 atom stereocenters. The van der Waals surface area contributed by atoms with E-state index in [-0.39, 0.29) is 5.41 Å². The van der Waals surface area contributed by atoms with Crippen molar-refractivity contribution >= 4 is 11.6 Å². The molecule has 2 aromatic rings. The smallest absolute Gasteiger partial charge is 0.191 e. The molecular weight excluding hydrogens is 348 g/mol. The second kappa shape index (κ2) is 10.1. The normalized spacial score (nSPS) is 15.1. The number of hydrogen-bond donors (Lipinski definition) is 3. The fourth-order valence-corrected chi connectivity index (χ4v) is 3.30. The van der Waals surface area contributed by atoms with Gasteiger partial charge in [0, 0.05) is 37.8 Å². The van der Waals surface area contributed by atoms with Crippen molar-refractivity contribution < 1.29 is 4.74 Å². The molecule has 1 aliphatic carbocycles. The number of benzene rings is 2. The van der Waals surface area contributed by atoms with Crippen LogP contribution in [0.5, 0.6) is 0 Å². The van der Waals surface area contributed by atoms with Gasteiger partial charge in [-0.15, -0.1) is 0 Å². The zero-order chi connectivity index (χ0) is 19.7. The van der Waals surface area contributed by atoms with Crippen LogP contribution in [-0.4, -0.2) is 39.3 Å². The van der Waals surface area contributed by atoms with Gasteiger partial charge in [-0.2, -0.15) is 0 Å². The lowest BCUT2D eigenvalue weighted by Crippen LogP contribution is -2.41. The summed E-state index contributed by atoms with van der Waals surface area (Å²) < 4.78 is 5.06. The second-order valence-electron chi connectivity index (χ2n) is 7.31. The average molecular weight is 381 g/mol. The maximum atomic E-state index is 5.06. The highest BCUT2D eigenvalue weighted by molar-refractivity contribution is 5.80. The lowest BCUT2D eigenvalue weighted by Gasteiger charge is -2.19. The molecule has 5 heteroatoms. The molecule has 1 fully saturated rings. The van der Waals surface area contributed by atoms with Gasteiger partial charge in [0.05, 0.1) is 13.2 Å². The number of anilines is 1. The minimum absolute atomic E-state index is 0.271. The summed E-state index contributed by atoms with van der Waals surface area (Å²) in [6, 6.07) is 19.2. The molecule has 0 bridgehead atoms. The topological polar surface area (TPSA) is 57.7 Å². The molecule has 0 saturated heterocycles. The van der Waals surface area contributed by atoms with Crippen LogP contribution in [0, 0.1) is 0 Å². The van der Waals surface area contributed by atoms with Gasteiger partial charge in [-0.05, 0) is 43.0 Å². The Bertz CT molecular complexity index is 739. The van der Waals surface area contributed by atoms with E-state index in [1.165, 1.54) is 24.0 Å². The first-order valence-corrected chi connectivity index (χ1v) is 10.2. The first-order chi connectivity index (χ1) is 13.8. The first kappa shape index (κ1) is 20.2. The Morgan fingerprint density at radius 2 is 1.79 bits per heavy atom. The third-order valence-electron chi connectivity index (χ3n) is 5.19. The van der Waals surface area contributed by atoms with E-state index in [9.17, 15) is 0 Å².